The molecule has 0 unspecified atom stereocenters. The minimum atomic E-state index is -3.91. The molecule has 4 heterocycles. The molecule has 0 spiro atoms. The summed E-state index contributed by atoms with van der Waals surface area (Å²) in [5, 5.41) is 9.30. The van der Waals surface area contributed by atoms with Crippen LogP contribution in [0.15, 0.2) is 47.1 Å². The number of hydrogen-bond donors (Lipinski definition) is 3. The van der Waals surface area contributed by atoms with Crippen molar-refractivity contribution in [3.05, 3.63) is 53.9 Å². The molecule has 7 rings (SSSR count). The smallest absolute Gasteiger partial charge is 0.290 e. The summed E-state index contributed by atoms with van der Waals surface area (Å²) < 4.78 is 51.2. The highest BCUT2D eigenvalue weighted by molar-refractivity contribution is 7.91. The summed E-state index contributed by atoms with van der Waals surface area (Å²) in [5.41, 5.74) is -0.163. The first kappa shape index (κ1) is 39.1. The van der Waals surface area contributed by atoms with Crippen LogP contribution in [0.4, 0.5) is 0 Å². The lowest BCUT2D eigenvalue weighted by Gasteiger charge is -2.29. The van der Waals surface area contributed by atoms with Gasteiger partial charge >= 0.3 is 0 Å². The summed E-state index contributed by atoms with van der Waals surface area (Å²) >= 11 is 0. The highest BCUT2D eigenvalue weighted by atomic mass is 32.2. The predicted octanol–water partition coefficient (Wildman–Crippen LogP) is 3.48. The van der Waals surface area contributed by atoms with Crippen molar-refractivity contribution in [3.8, 4) is 17.4 Å². The molecular weight excluding hydrogens is 745 g/mol. The van der Waals surface area contributed by atoms with Gasteiger partial charge in [-0.25, -0.2) is 13.4 Å². The van der Waals surface area contributed by atoms with Crippen LogP contribution >= 0.6 is 0 Å². The number of sulfonamides is 1. The summed E-state index contributed by atoms with van der Waals surface area (Å²) in [6.45, 7) is 5.60. The van der Waals surface area contributed by atoms with Gasteiger partial charge in [-0.05, 0) is 71.4 Å². The Kier molecular flexibility index (Phi) is 11.0. The molecule has 300 valence electrons. The van der Waals surface area contributed by atoms with Gasteiger partial charge in [0, 0.05) is 35.4 Å². The molecule has 1 aromatic carbocycles. The summed E-state index contributed by atoms with van der Waals surface area (Å²) in [5.74, 6) is -1.73. The Morgan fingerprint density at radius 1 is 1.09 bits per heavy atom. The number of carbonyl (C=O) groups excluding carboxylic acids is 4. The molecule has 2 aliphatic carbocycles. The Labute approximate surface area is 325 Å². The Hall–Kier alpha value is -5.19. The molecule has 0 radical (unpaired) electrons. The minimum Gasteiger partial charge on any atom is -0.496 e. The van der Waals surface area contributed by atoms with Gasteiger partial charge in [0.05, 0.1) is 36.7 Å². The fourth-order valence-corrected chi connectivity index (χ4v) is 8.93. The van der Waals surface area contributed by atoms with Crippen LogP contribution in [0.3, 0.4) is 0 Å². The number of ether oxygens (including phenoxy) is 3. The van der Waals surface area contributed by atoms with Crippen molar-refractivity contribution >= 4 is 44.6 Å². The lowest BCUT2D eigenvalue weighted by Crippen LogP contribution is -2.58. The third-order valence-corrected chi connectivity index (χ3v) is 12.6. The maximum absolute atomic E-state index is 14.6. The van der Waals surface area contributed by atoms with Crippen molar-refractivity contribution < 1.29 is 46.3 Å². The van der Waals surface area contributed by atoms with E-state index in [1.165, 1.54) is 17.2 Å². The molecule has 56 heavy (non-hydrogen) atoms. The normalized spacial score (nSPS) is 26.3. The quantitative estimate of drug-likeness (QED) is 0.252. The van der Waals surface area contributed by atoms with Crippen LogP contribution in [-0.2, 0) is 24.4 Å². The molecule has 4 amide bonds. The molecule has 4 aliphatic rings. The molecule has 3 fully saturated rings. The third kappa shape index (κ3) is 8.18. The van der Waals surface area contributed by atoms with E-state index >= 15 is 0 Å². The number of fused-ring (bicyclic) bond motifs is 3. The Morgan fingerprint density at radius 2 is 1.89 bits per heavy atom. The van der Waals surface area contributed by atoms with Gasteiger partial charge in [-0.3, -0.25) is 23.9 Å². The second kappa shape index (κ2) is 15.7. The van der Waals surface area contributed by atoms with E-state index in [9.17, 15) is 27.6 Å². The standard InChI is InChI=1S/C39H48N6O10S/c1-22(2)53-33-19-32(27-14-15-30(52-4)23(3)34(27)42-33)54-25-18-29-35(46)43-39(38(49)44-56(50,51)26-12-13-26)20-24(39)10-8-6-5-7-9-11-28(37(48)45(29)21-25)41-36(47)31-16-17-40-55-31/h8,10,14-17,19,22,24-26,28-29H,5-7,9,11-13,18,20-21H2,1-4H3,(H,41,47)(H,43,46)(H,44,49)/b10-8-/t24-,25-,28+,29+,39-/m1/s1. The van der Waals surface area contributed by atoms with Crippen molar-refractivity contribution in [1.29, 1.82) is 0 Å². The van der Waals surface area contributed by atoms with Crippen LogP contribution in [0, 0.1) is 12.8 Å². The zero-order valence-corrected chi connectivity index (χ0v) is 32.7. The molecule has 17 heteroatoms. The van der Waals surface area contributed by atoms with Crippen LogP contribution in [0.2, 0.25) is 0 Å². The van der Waals surface area contributed by atoms with Crippen molar-refractivity contribution in [2.24, 2.45) is 5.92 Å². The summed E-state index contributed by atoms with van der Waals surface area (Å²) in [7, 11) is -2.34. The molecule has 16 nitrogen and oxygen atoms in total. The Balaban J connectivity index is 1.23. The SMILES string of the molecule is COc1ccc2c(O[C@@H]3C[C@H]4C(=O)N[C@]5(C(=O)NS(=O)(=O)C6CC6)C[C@H]5/C=C\CCCCC[C@H](NC(=O)c5ccno5)C(=O)N4C3)cc(OC(C)C)nc2c1C. The van der Waals surface area contributed by atoms with Gasteiger partial charge in [0.25, 0.3) is 11.8 Å². The number of nitrogens with one attached hydrogen (secondary N) is 3. The second-order valence-electron chi connectivity index (χ2n) is 15.3. The molecular formula is C39H48N6O10S. The highest BCUT2D eigenvalue weighted by Gasteiger charge is 2.62. The van der Waals surface area contributed by atoms with Gasteiger partial charge in [-0.1, -0.05) is 30.2 Å². The maximum Gasteiger partial charge on any atom is 0.290 e. The van der Waals surface area contributed by atoms with Gasteiger partial charge in [0.15, 0.2) is 0 Å². The fourth-order valence-electron chi connectivity index (χ4n) is 7.57. The largest absolute Gasteiger partial charge is 0.496 e. The van der Waals surface area contributed by atoms with E-state index in [2.05, 4.69) is 20.5 Å². The molecule has 1 saturated heterocycles. The summed E-state index contributed by atoms with van der Waals surface area (Å²) in [6.07, 6.45) is 8.44. The van der Waals surface area contributed by atoms with Crippen molar-refractivity contribution in [2.75, 3.05) is 13.7 Å². The van der Waals surface area contributed by atoms with Crippen LogP contribution in [0.25, 0.3) is 10.9 Å². The molecule has 3 N–H and O–H groups in total. The first-order valence-electron chi connectivity index (χ1n) is 19.2. The Bertz CT molecular complexity index is 2140. The fraction of sp³-hybridized carbons (Fsp3) is 0.538. The average molecular weight is 793 g/mol. The summed E-state index contributed by atoms with van der Waals surface area (Å²) in [6, 6.07) is 4.53. The lowest BCUT2D eigenvalue weighted by atomic mass is 10.0. The van der Waals surface area contributed by atoms with Crippen LogP contribution < -0.4 is 29.6 Å². The van der Waals surface area contributed by atoms with Crippen molar-refractivity contribution in [1.82, 2.24) is 30.4 Å². The van der Waals surface area contributed by atoms with E-state index < -0.39 is 68.5 Å². The lowest BCUT2D eigenvalue weighted by molar-refractivity contribution is -0.141. The molecule has 5 atom stereocenters. The molecule has 2 aromatic heterocycles. The monoisotopic (exact) mass is 792 g/mol. The number of methoxy groups -OCH3 is 1. The number of hydrogen-bond acceptors (Lipinski definition) is 12. The number of carbonyl (C=O) groups is 4. The number of rotatable bonds is 10. The summed E-state index contributed by atoms with van der Waals surface area (Å²) in [4.78, 5) is 62.2. The second-order valence-corrected chi connectivity index (χ2v) is 17.3. The van der Waals surface area contributed by atoms with E-state index in [-0.39, 0.29) is 31.3 Å². The van der Waals surface area contributed by atoms with Crippen LogP contribution in [0.1, 0.15) is 87.8 Å². The molecule has 3 aromatic rings. The molecule has 2 aliphatic heterocycles. The first-order chi connectivity index (χ1) is 26.8. The van der Waals surface area contributed by atoms with E-state index in [1.54, 1.807) is 19.2 Å². The number of allylic oxidation sites excluding steroid dienone is 1. The van der Waals surface area contributed by atoms with E-state index in [0.717, 1.165) is 18.4 Å². The van der Waals surface area contributed by atoms with Crippen LogP contribution in [-0.4, -0.2) is 95.8 Å². The van der Waals surface area contributed by atoms with Gasteiger partial charge < -0.3 is 34.3 Å². The van der Waals surface area contributed by atoms with E-state index in [0.29, 0.717) is 60.4 Å². The Morgan fingerprint density at radius 3 is 2.61 bits per heavy atom. The van der Waals surface area contributed by atoms with Gasteiger partial charge in [0.1, 0.15) is 35.2 Å². The zero-order valence-electron chi connectivity index (χ0n) is 31.9. The third-order valence-electron chi connectivity index (χ3n) is 10.8. The van der Waals surface area contributed by atoms with Gasteiger partial charge in [-0.15, -0.1) is 0 Å². The van der Waals surface area contributed by atoms with Gasteiger partial charge in [-0.2, -0.15) is 0 Å². The van der Waals surface area contributed by atoms with E-state index in [4.69, 9.17) is 23.7 Å². The van der Waals surface area contributed by atoms with Crippen LogP contribution in [0.5, 0.6) is 17.4 Å². The number of aryl methyl sites for hydroxylation is 1. The first-order valence-corrected chi connectivity index (χ1v) is 20.7. The van der Waals surface area contributed by atoms with Gasteiger partial charge in [0.2, 0.25) is 33.5 Å². The minimum absolute atomic E-state index is 0.0260. The molecule has 0 bridgehead atoms. The predicted molar refractivity (Wildman–Crippen MR) is 202 cm³/mol. The van der Waals surface area contributed by atoms with Crippen molar-refractivity contribution in [2.45, 2.75) is 114 Å². The topological polar surface area (TPSA) is 208 Å². The number of aromatic nitrogens is 2. The maximum atomic E-state index is 14.6. The zero-order chi connectivity index (χ0) is 39.8. The number of nitrogens with zero attached hydrogens (tertiary/aromatic N) is 3. The highest BCUT2D eigenvalue weighted by Crippen LogP contribution is 2.46. The average Bonchev–Trinajstić information content (AvgIpc) is 4.01. The van der Waals surface area contributed by atoms with Crippen molar-refractivity contribution in [3.63, 3.8) is 0 Å². The number of benzene rings is 1. The number of pyridine rings is 1. The number of amides is 4. The molecule has 2 saturated carbocycles. The van der Waals surface area contributed by atoms with E-state index in [1.807, 2.05) is 39.0 Å².